The summed E-state index contributed by atoms with van der Waals surface area (Å²) >= 11 is 0. The zero-order valence-electron chi connectivity index (χ0n) is 6.70. The minimum atomic E-state index is -0.224. The van der Waals surface area contributed by atoms with Gasteiger partial charge < -0.3 is 22.9 Å². The van der Waals surface area contributed by atoms with Crippen LogP contribution in [0.5, 0.6) is 0 Å². The highest BCUT2D eigenvalue weighted by atomic mass is 14.9. The monoisotopic (exact) mass is 167 g/mol. The standard InChI is InChI=1S/C7H13N5/c8-3-5(9)4-1-6(10)12-7(11)2-4/h1-2,5H,3,8-9H2,(H4,10,11,12)/t5-/m0/s1. The van der Waals surface area contributed by atoms with E-state index in [1.165, 1.54) is 0 Å². The SMILES string of the molecule is NC[C@H](N)c1cc(N)nc(N)c1. The normalized spacial score (nSPS) is 12.8. The summed E-state index contributed by atoms with van der Waals surface area (Å²) in [6.45, 7) is 0.364. The van der Waals surface area contributed by atoms with Gasteiger partial charge in [0.05, 0.1) is 0 Å². The molecule has 66 valence electrons. The lowest BCUT2D eigenvalue weighted by molar-refractivity contribution is 0.736. The highest BCUT2D eigenvalue weighted by Crippen LogP contribution is 2.14. The fourth-order valence-corrected chi connectivity index (χ4v) is 0.947. The molecule has 5 heteroatoms. The summed E-state index contributed by atoms with van der Waals surface area (Å²) in [5, 5.41) is 0. The highest BCUT2D eigenvalue weighted by molar-refractivity contribution is 5.44. The largest absolute Gasteiger partial charge is 0.384 e. The van der Waals surface area contributed by atoms with Crippen molar-refractivity contribution in [2.75, 3.05) is 18.0 Å². The van der Waals surface area contributed by atoms with Crippen LogP contribution in [0.15, 0.2) is 12.1 Å². The Kier molecular flexibility index (Phi) is 2.47. The molecule has 12 heavy (non-hydrogen) atoms. The molecule has 1 aromatic rings. The lowest BCUT2D eigenvalue weighted by Gasteiger charge is -2.09. The van der Waals surface area contributed by atoms with Gasteiger partial charge in [-0.2, -0.15) is 0 Å². The predicted molar refractivity (Wildman–Crippen MR) is 49.0 cm³/mol. The summed E-state index contributed by atoms with van der Waals surface area (Å²) in [7, 11) is 0. The Labute approximate surface area is 70.7 Å². The third-order valence-electron chi connectivity index (χ3n) is 1.57. The molecule has 0 unspecified atom stereocenters. The first-order chi connectivity index (χ1) is 5.63. The molecule has 1 rings (SSSR count). The molecule has 8 N–H and O–H groups in total. The first-order valence-electron chi connectivity index (χ1n) is 3.62. The molecule has 0 saturated heterocycles. The van der Waals surface area contributed by atoms with Crippen molar-refractivity contribution in [1.82, 2.24) is 4.98 Å². The van der Waals surface area contributed by atoms with Crippen molar-refractivity contribution >= 4 is 11.6 Å². The van der Waals surface area contributed by atoms with Crippen LogP contribution in [0, 0.1) is 0 Å². The number of rotatable bonds is 2. The van der Waals surface area contributed by atoms with E-state index in [2.05, 4.69) is 4.98 Å². The second-order valence-electron chi connectivity index (χ2n) is 2.59. The number of pyridine rings is 1. The Morgan fingerprint density at radius 2 is 1.75 bits per heavy atom. The molecule has 0 bridgehead atoms. The number of hydrogen-bond acceptors (Lipinski definition) is 5. The van der Waals surface area contributed by atoms with Crippen molar-refractivity contribution in [2.45, 2.75) is 6.04 Å². The van der Waals surface area contributed by atoms with Crippen LogP contribution in [-0.4, -0.2) is 11.5 Å². The Bertz CT molecular complexity index is 252. The smallest absolute Gasteiger partial charge is 0.126 e. The fourth-order valence-electron chi connectivity index (χ4n) is 0.947. The van der Waals surface area contributed by atoms with Crippen molar-refractivity contribution in [2.24, 2.45) is 11.5 Å². The Hall–Kier alpha value is -1.33. The van der Waals surface area contributed by atoms with Crippen LogP contribution in [0.2, 0.25) is 0 Å². The van der Waals surface area contributed by atoms with E-state index in [0.717, 1.165) is 5.56 Å². The second-order valence-corrected chi connectivity index (χ2v) is 2.59. The minimum absolute atomic E-state index is 0.224. The van der Waals surface area contributed by atoms with Gasteiger partial charge in [0.25, 0.3) is 0 Å². The zero-order valence-corrected chi connectivity index (χ0v) is 6.70. The fraction of sp³-hybridized carbons (Fsp3) is 0.286. The van der Waals surface area contributed by atoms with Crippen molar-refractivity contribution < 1.29 is 0 Å². The van der Waals surface area contributed by atoms with Crippen molar-refractivity contribution in [3.05, 3.63) is 17.7 Å². The van der Waals surface area contributed by atoms with Crippen molar-refractivity contribution in [3.8, 4) is 0 Å². The van der Waals surface area contributed by atoms with Gasteiger partial charge in [-0.1, -0.05) is 0 Å². The topological polar surface area (TPSA) is 117 Å². The van der Waals surface area contributed by atoms with Gasteiger partial charge in [0.15, 0.2) is 0 Å². The molecule has 1 atom stereocenters. The van der Waals surface area contributed by atoms with E-state index in [4.69, 9.17) is 22.9 Å². The Morgan fingerprint density at radius 3 is 2.17 bits per heavy atom. The number of nitrogens with two attached hydrogens (primary N) is 4. The second kappa shape index (κ2) is 3.38. The molecule has 1 heterocycles. The van der Waals surface area contributed by atoms with Gasteiger partial charge in [-0.25, -0.2) is 4.98 Å². The summed E-state index contributed by atoms with van der Waals surface area (Å²) in [5.74, 6) is 0.739. The molecular formula is C7H13N5. The van der Waals surface area contributed by atoms with Crippen LogP contribution in [0.3, 0.4) is 0 Å². The molecule has 0 aliphatic rings. The van der Waals surface area contributed by atoms with E-state index in [1.54, 1.807) is 12.1 Å². The number of hydrogen-bond donors (Lipinski definition) is 4. The molecule has 0 fully saturated rings. The van der Waals surface area contributed by atoms with Gasteiger partial charge in [-0.05, 0) is 17.7 Å². The van der Waals surface area contributed by atoms with E-state index in [1.807, 2.05) is 0 Å². The molecule has 5 nitrogen and oxygen atoms in total. The Morgan fingerprint density at radius 1 is 1.25 bits per heavy atom. The molecule has 0 spiro atoms. The first kappa shape index (κ1) is 8.76. The predicted octanol–water partition coefficient (Wildman–Crippen LogP) is -0.795. The first-order valence-corrected chi connectivity index (χ1v) is 3.62. The van der Waals surface area contributed by atoms with Crippen LogP contribution in [0.25, 0.3) is 0 Å². The van der Waals surface area contributed by atoms with Crippen LogP contribution in [0.1, 0.15) is 11.6 Å². The Balaban J connectivity index is 3.00. The maximum Gasteiger partial charge on any atom is 0.126 e. The lowest BCUT2D eigenvalue weighted by atomic mass is 10.1. The van der Waals surface area contributed by atoms with Gasteiger partial charge in [-0.15, -0.1) is 0 Å². The molecular weight excluding hydrogens is 154 g/mol. The zero-order chi connectivity index (χ0) is 9.14. The summed E-state index contributed by atoms with van der Waals surface area (Å²) in [4.78, 5) is 3.81. The lowest BCUT2D eigenvalue weighted by Crippen LogP contribution is -2.21. The molecule has 0 saturated carbocycles. The molecule has 0 aliphatic carbocycles. The van der Waals surface area contributed by atoms with Gasteiger partial charge in [0, 0.05) is 12.6 Å². The molecule has 0 radical (unpaired) electrons. The number of nitrogens with zero attached hydrogens (tertiary/aromatic N) is 1. The van der Waals surface area contributed by atoms with Gasteiger partial charge in [0.2, 0.25) is 0 Å². The number of aromatic nitrogens is 1. The van der Waals surface area contributed by atoms with E-state index < -0.39 is 0 Å². The summed E-state index contributed by atoms with van der Waals surface area (Å²) in [5.41, 5.74) is 22.8. The van der Waals surface area contributed by atoms with E-state index in [0.29, 0.717) is 18.2 Å². The number of nitrogen functional groups attached to an aromatic ring is 2. The summed E-state index contributed by atoms with van der Waals surface area (Å²) < 4.78 is 0. The third kappa shape index (κ3) is 1.84. The molecule has 0 aromatic carbocycles. The maximum absolute atomic E-state index is 5.67. The van der Waals surface area contributed by atoms with Crippen LogP contribution < -0.4 is 22.9 Å². The number of anilines is 2. The molecule has 0 aliphatic heterocycles. The average molecular weight is 167 g/mol. The highest BCUT2D eigenvalue weighted by Gasteiger charge is 2.05. The van der Waals surface area contributed by atoms with Crippen molar-refractivity contribution in [1.29, 1.82) is 0 Å². The minimum Gasteiger partial charge on any atom is -0.384 e. The summed E-state index contributed by atoms with van der Waals surface area (Å²) in [6.07, 6.45) is 0. The van der Waals surface area contributed by atoms with Crippen LogP contribution >= 0.6 is 0 Å². The van der Waals surface area contributed by atoms with E-state index in [-0.39, 0.29) is 6.04 Å². The van der Waals surface area contributed by atoms with Gasteiger partial charge >= 0.3 is 0 Å². The quantitative estimate of drug-likeness (QED) is 0.460. The van der Waals surface area contributed by atoms with Crippen molar-refractivity contribution in [3.63, 3.8) is 0 Å². The van der Waals surface area contributed by atoms with Gasteiger partial charge in [0.1, 0.15) is 11.6 Å². The van der Waals surface area contributed by atoms with E-state index in [9.17, 15) is 0 Å². The summed E-state index contributed by atoms with van der Waals surface area (Å²) in [6, 6.07) is 3.12. The average Bonchev–Trinajstić information content (AvgIpc) is 2.01. The van der Waals surface area contributed by atoms with Crippen LogP contribution in [0.4, 0.5) is 11.6 Å². The van der Waals surface area contributed by atoms with E-state index >= 15 is 0 Å². The van der Waals surface area contributed by atoms with Crippen LogP contribution in [-0.2, 0) is 0 Å². The molecule has 1 aromatic heterocycles. The maximum atomic E-state index is 5.67. The van der Waals surface area contributed by atoms with Gasteiger partial charge in [-0.3, -0.25) is 0 Å². The third-order valence-corrected chi connectivity index (χ3v) is 1.57. The molecule has 0 amide bonds.